The molecule has 1 heterocycles. The van der Waals surface area contributed by atoms with E-state index in [0.717, 1.165) is 5.76 Å². The Labute approximate surface area is 113 Å². The van der Waals surface area contributed by atoms with E-state index >= 15 is 0 Å². The molecule has 1 amide bonds. The third-order valence-electron chi connectivity index (χ3n) is 4.74. The van der Waals surface area contributed by atoms with Crippen LogP contribution in [0.5, 0.6) is 0 Å². The molecule has 3 rings (SSSR count). The molecule has 0 unspecified atom stereocenters. The maximum Gasteiger partial charge on any atom is 0.244 e. The molecule has 0 saturated heterocycles. The molecule has 0 spiro atoms. The predicted octanol–water partition coefficient (Wildman–Crippen LogP) is 2.86. The quantitative estimate of drug-likeness (QED) is 0.671. The number of amides is 1. The van der Waals surface area contributed by atoms with Crippen LogP contribution in [0, 0.1) is 24.2 Å². The van der Waals surface area contributed by atoms with E-state index in [0.29, 0.717) is 11.7 Å². The Balaban J connectivity index is 1.56. The van der Waals surface area contributed by atoms with E-state index in [2.05, 4.69) is 17.5 Å². The van der Waals surface area contributed by atoms with Gasteiger partial charge in [-0.05, 0) is 43.2 Å². The van der Waals surface area contributed by atoms with Crippen molar-refractivity contribution >= 4 is 12.1 Å². The fourth-order valence-electron chi connectivity index (χ4n) is 3.60. The van der Waals surface area contributed by atoms with Crippen molar-refractivity contribution in [2.24, 2.45) is 22.4 Å². The Morgan fingerprint density at radius 1 is 1.53 bits per heavy atom. The van der Waals surface area contributed by atoms with E-state index in [9.17, 15) is 4.79 Å². The zero-order valence-electron chi connectivity index (χ0n) is 11.5. The van der Waals surface area contributed by atoms with Crippen molar-refractivity contribution < 1.29 is 9.21 Å². The first-order valence-electron chi connectivity index (χ1n) is 7.00. The number of hydrogen-bond acceptors (Lipinski definition) is 3. The number of hydrogen-bond donors (Lipinski definition) is 1. The lowest BCUT2D eigenvalue weighted by Crippen LogP contribution is -2.22. The molecule has 1 aromatic rings. The smallest absolute Gasteiger partial charge is 0.244 e. The van der Waals surface area contributed by atoms with Crippen molar-refractivity contribution in [2.75, 3.05) is 0 Å². The fourth-order valence-corrected chi connectivity index (χ4v) is 3.60. The van der Waals surface area contributed by atoms with Gasteiger partial charge in [-0.25, -0.2) is 5.43 Å². The molecule has 4 nitrogen and oxygen atoms in total. The molecule has 2 fully saturated rings. The second kappa shape index (κ2) is 4.51. The van der Waals surface area contributed by atoms with E-state index in [-0.39, 0.29) is 17.2 Å². The number of carbonyl (C=O) groups excluding carboxylic acids is 1. The molecule has 0 radical (unpaired) electrons. The van der Waals surface area contributed by atoms with Gasteiger partial charge in [0, 0.05) is 5.92 Å². The van der Waals surface area contributed by atoms with Gasteiger partial charge in [0.25, 0.3) is 0 Å². The Hall–Kier alpha value is -1.58. The number of aryl methyl sites for hydroxylation is 1. The minimum absolute atomic E-state index is 0.0638. The standard InChI is InChI=1S/C15H20N2O2/c1-10-6-7-11(19-10)9-16-17-14(18)13-12-5-3-4-8-15(12,13)2/h6-7,9,12-13H,3-5,8H2,1-2H3,(H,17,18)/b16-9-/t12-,13+,15-/m0/s1. The normalized spacial score (nSPS) is 33.2. The molecule has 0 bridgehead atoms. The fraction of sp³-hybridized carbons (Fsp3) is 0.600. The largest absolute Gasteiger partial charge is 0.460 e. The first kappa shape index (κ1) is 12.5. The van der Waals surface area contributed by atoms with Crippen LogP contribution in [0.15, 0.2) is 21.7 Å². The van der Waals surface area contributed by atoms with E-state index in [4.69, 9.17) is 4.42 Å². The third kappa shape index (κ3) is 2.20. The van der Waals surface area contributed by atoms with Crippen LogP contribution in [-0.4, -0.2) is 12.1 Å². The van der Waals surface area contributed by atoms with Gasteiger partial charge in [0.1, 0.15) is 11.5 Å². The van der Waals surface area contributed by atoms with Gasteiger partial charge in [-0.2, -0.15) is 5.10 Å². The summed E-state index contributed by atoms with van der Waals surface area (Å²) in [6.07, 6.45) is 6.44. The highest BCUT2D eigenvalue weighted by molar-refractivity contribution is 5.85. The average Bonchev–Trinajstić information content (AvgIpc) is 2.81. The first-order chi connectivity index (χ1) is 9.11. The summed E-state index contributed by atoms with van der Waals surface area (Å²) in [6.45, 7) is 4.12. The van der Waals surface area contributed by atoms with Gasteiger partial charge in [-0.1, -0.05) is 19.8 Å². The minimum Gasteiger partial charge on any atom is -0.460 e. The lowest BCUT2D eigenvalue weighted by Gasteiger charge is -2.15. The molecular formula is C15H20N2O2. The second-order valence-corrected chi connectivity index (χ2v) is 6.02. The zero-order chi connectivity index (χ0) is 13.5. The van der Waals surface area contributed by atoms with E-state index in [1.54, 1.807) is 6.21 Å². The molecule has 2 saturated carbocycles. The number of fused-ring (bicyclic) bond motifs is 1. The Kier molecular flexibility index (Phi) is 2.96. The molecule has 1 aromatic heterocycles. The second-order valence-electron chi connectivity index (χ2n) is 6.02. The van der Waals surface area contributed by atoms with Crippen LogP contribution in [0.3, 0.4) is 0 Å². The van der Waals surface area contributed by atoms with E-state index in [1.165, 1.54) is 25.7 Å². The first-order valence-corrected chi connectivity index (χ1v) is 7.00. The third-order valence-corrected chi connectivity index (χ3v) is 4.74. The highest BCUT2D eigenvalue weighted by Gasteiger charge is 2.64. The predicted molar refractivity (Wildman–Crippen MR) is 72.7 cm³/mol. The Morgan fingerprint density at radius 3 is 3.00 bits per heavy atom. The van der Waals surface area contributed by atoms with Gasteiger partial charge in [-0.3, -0.25) is 4.79 Å². The van der Waals surface area contributed by atoms with Crippen molar-refractivity contribution in [2.45, 2.75) is 39.5 Å². The molecule has 2 aliphatic carbocycles. The molecular weight excluding hydrogens is 240 g/mol. The van der Waals surface area contributed by atoms with Gasteiger partial charge in [0.2, 0.25) is 5.91 Å². The lowest BCUT2D eigenvalue weighted by atomic mass is 9.90. The number of rotatable bonds is 3. The highest BCUT2D eigenvalue weighted by atomic mass is 16.3. The maximum atomic E-state index is 12.1. The SMILES string of the molecule is Cc1ccc(/C=N\NC(=O)[C@H]2[C@@H]3CCCC[C@@]32C)o1. The molecule has 1 N–H and O–H groups in total. The summed E-state index contributed by atoms with van der Waals surface area (Å²) in [5.41, 5.74) is 2.89. The average molecular weight is 260 g/mol. The summed E-state index contributed by atoms with van der Waals surface area (Å²) in [5, 5.41) is 3.99. The summed E-state index contributed by atoms with van der Waals surface area (Å²) >= 11 is 0. The lowest BCUT2D eigenvalue weighted by molar-refractivity contribution is -0.123. The van der Waals surface area contributed by atoms with Crippen LogP contribution in [0.4, 0.5) is 0 Å². The van der Waals surface area contributed by atoms with Gasteiger partial charge < -0.3 is 4.42 Å². The van der Waals surface area contributed by atoms with Crippen molar-refractivity contribution in [1.82, 2.24) is 5.43 Å². The summed E-state index contributed by atoms with van der Waals surface area (Å²) in [5.74, 6) is 2.30. The van der Waals surface area contributed by atoms with Crippen LogP contribution in [0.2, 0.25) is 0 Å². The number of furan rings is 1. The molecule has 0 aliphatic heterocycles. The minimum atomic E-state index is 0.0638. The molecule has 0 aromatic carbocycles. The van der Waals surface area contributed by atoms with Gasteiger partial charge in [-0.15, -0.1) is 0 Å². The van der Waals surface area contributed by atoms with E-state index < -0.39 is 0 Å². The summed E-state index contributed by atoms with van der Waals surface area (Å²) in [6, 6.07) is 3.71. The van der Waals surface area contributed by atoms with Gasteiger partial charge in [0.15, 0.2) is 0 Å². The summed E-state index contributed by atoms with van der Waals surface area (Å²) < 4.78 is 5.36. The van der Waals surface area contributed by atoms with Gasteiger partial charge >= 0.3 is 0 Å². The molecule has 2 aliphatic rings. The topological polar surface area (TPSA) is 54.6 Å². The number of carbonyl (C=O) groups is 1. The van der Waals surface area contributed by atoms with E-state index in [1.807, 2.05) is 19.1 Å². The Morgan fingerprint density at radius 2 is 2.37 bits per heavy atom. The van der Waals surface area contributed by atoms with Crippen molar-refractivity contribution in [3.8, 4) is 0 Å². The van der Waals surface area contributed by atoms with Crippen LogP contribution >= 0.6 is 0 Å². The highest BCUT2D eigenvalue weighted by Crippen LogP contribution is 2.66. The van der Waals surface area contributed by atoms with Crippen LogP contribution in [-0.2, 0) is 4.79 Å². The summed E-state index contributed by atoms with van der Waals surface area (Å²) in [7, 11) is 0. The molecule has 19 heavy (non-hydrogen) atoms. The van der Waals surface area contributed by atoms with Crippen molar-refractivity contribution in [1.29, 1.82) is 0 Å². The monoisotopic (exact) mass is 260 g/mol. The number of nitrogens with zero attached hydrogens (tertiary/aromatic N) is 1. The summed E-state index contributed by atoms with van der Waals surface area (Å²) in [4.78, 5) is 12.1. The number of hydrazone groups is 1. The van der Waals surface area contributed by atoms with Crippen molar-refractivity contribution in [3.63, 3.8) is 0 Å². The van der Waals surface area contributed by atoms with Crippen LogP contribution in [0.25, 0.3) is 0 Å². The Bertz CT molecular complexity index is 520. The zero-order valence-corrected chi connectivity index (χ0v) is 11.5. The molecule has 3 atom stereocenters. The molecule has 102 valence electrons. The van der Waals surface area contributed by atoms with Crippen molar-refractivity contribution in [3.05, 3.63) is 23.7 Å². The number of nitrogens with one attached hydrogen (secondary N) is 1. The van der Waals surface area contributed by atoms with Crippen LogP contribution in [0.1, 0.15) is 44.1 Å². The van der Waals surface area contributed by atoms with Crippen LogP contribution < -0.4 is 5.43 Å². The maximum absolute atomic E-state index is 12.1. The molecule has 4 heteroatoms. The van der Waals surface area contributed by atoms with Gasteiger partial charge in [0.05, 0.1) is 6.21 Å².